The molecule has 1 N–H and O–H groups in total. The van der Waals surface area contributed by atoms with E-state index in [1.165, 1.54) is 18.3 Å². The predicted octanol–water partition coefficient (Wildman–Crippen LogP) is 3.09. The van der Waals surface area contributed by atoms with Crippen molar-refractivity contribution in [1.82, 2.24) is 4.98 Å². The summed E-state index contributed by atoms with van der Waals surface area (Å²) >= 11 is 5.84. The average Bonchev–Trinajstić information content (AvgIpc) is 2.31. The van der Waals surface area contributed by atoms with Crippen LogP contribution in [0, 0.1) is 11.6 Å². The Morgan fingerprint density at radius 1 is 1.12 bits per heavy atom. The Morgan fingerprint density at radius 2 is 1.88 bits per heavy atom. The van der Waals surface area contributed by atoms with E-state index >= 15 is 0 Å². The second kappa shape index (κ2) is 4.77. The van der Waals surface area contributed by atoms with Crippen LogP contribution in [0.15, 0.2) is 36.7 Å². The molecule has 0 aliphatic rings. The Bertz CT molecular complexity index is 548. The molecule has 0 spiro atoms. The minimum atomic E-state index is -1.21. The Balaban J connectivity index is 2.43. The van der Waals surface area contributed by atoms with Gasteiger partial charge in [0.1, 0.15) is 17.7 Å². The normalized spacial score (nSPS) is 12.5. The lowest BCUT2D eigenvalue weighted by Crippen LogP contribution is -2.02. The maximum atomic E-state index is 13.0. The molecule has 2 rings (SSSR count). The van der Waals surface area contributed by atoms with E-state index in [9.17, 15) is 13.9 Å². The predicted molar refractivity (Wildman–Crippen MR) is 59.7 cm³/mol. The molecule has 17 heavy (non-hydrogen) atoms. The number of hydrogen-bond donors (Lipinski definition) is 1. The van der Waals surface area contributed by atoms with Gasteiger partial charge >= 0.3 is 0 Å². The summed E-state index contributed by atoms with van der Waals surface area (Å²) in [6.07, 6.45) is 1.11. The summed E-state index contributed by atoms with van der Waals surface area (Å²) in [5.74, 6) is -1.10. The highest BCUT2D eigenvalue weighted by atomic mass is 35.5. The average molecular weight is 256 g/mol. The van der Waals surface area contributed by atoms with E-state index in [0.29, 0.717) is 0 Å². The quantitative estimate of drug-likeness (QED) is 0.895. The summed E-state index contributed by atoms with van der Waals surface area (Å²) in [5, 5.41) is 10.2. The first-order valence-corrected chi connectivity index (χ1v) is 5.19. The van der Waals surface area contributed by atoms with Gasteiger partial charge in [-0.05, 0) is 24.3 Å². The third kappa shape index (κ3) is 2.60. The van der Waals surface area contributed by atoms with E-state index < -0.39 is 17.7 Å². The summed E-state index contributed by atoms with van der Waals surface area (Å²) in [6.45, 7) is 0. The van der Waals surface area contributed by atoms with E-state index in [1.807, 2.05) is 0 Å². The topological polar surface area (TPSA) is 33.1 Å². The summed E-state index contributed by atoms with van der Waals surface area (Å²) in [4.78, 5) is 3.61. The number of benzene rings is 1. The largest absolute Gasteiger partial charge is 0.384 e. The summed E-state index contributed by atoms with van der Waals surface area (Å²) in [6, 6.07) is 4.75. The second-order valence-corrected chi connectivity index (χ2v) is 3.91. The van der Waals surface area contributed by atoms with Crippen molar-refractivity contribution in [2.24, 2.45) is 0 Å². The van der Waals surface area contributed by atoms with Crippen LogP contribution in [0.4, 0.5) is 8.78 Å². The van der Waals surface area contributed by atoms with Gasteiger partial charge in [0.15, 0.2) is 0 Å². The molecule has 0 bridgehead atoms. The van der Waals surface area contributed by atoms with Crippen molar-refractivity contribution in [1.29, 1.82) is 0 Å². The fourth-order valence-electron chi connectivity index (χ4n) is 1.48. The molecule has 1 unspecified atom stereocenters. The highest BCUT2D eigenvalue weighted by molar-refractivity contribution is 6.31. The smallest absolute Gasteiger partial charge is 0.141 e. The zero-order valence-corrected chi connectivity index (χ0v) is 9.33. The molecule has 0 amide bonds. The molecule has 1 aromatic heterocycles. The van der Waals surface area contributed by atoms with E-state index in [4.69, 9.17) is 11.6 Å². The van der Waals surface area contributed by atoms with Crippen molar-refractivity contribution in [3.63, 3.8) is 0 Å². The molecule has 1 atom stereocenters. The first-order valence-electron chi connectivity index (χ1n) is 4.81. The van der Waals surface area contributed by atoms with Gasteiger partial charge in [-0.1, -0.05) is 11.6 Å². The van der Waals surface area contributed by atoms with Crippen LogP contribution < -0.4 is 0 Å². The van der Waals surface area contributed by atoms with Crippen molar-refractivity contribution in [2.45, 2.75) is 6.10 Å². The Labute approximate surface area is 102 Å². The number of nitrogens with zero attached hydrogens (tertiary/aromatic N) is 1. The molecule has 88 valence electrons. The van der Waals surface area contributed by atoms with Gasteiger partial charge in [0.05, 0.1) is 6.20 Å². The van der Waals surface area contributed by atoms with Crippen LogP contribution in [0.1, 0.15) is 17.2 Å². The minimum Gasteiger partial charge on any atom is -0.384 e. The molecule has 2 aromatic rings. The van der Waals surface area contributed by atoms with Crippen LogP contribution in [-0.2, 0) is 0 Å². The fraction of sp³-hybridized carbons (Fsp3) is 0.0833. The van der Waals surface area contributed by atoms with Crippen LogP contribution >= 0.6 is 11.6 Å². The van der Waals surface area contributed by atoms with E-state index in [0.717, 1.165) is 18.3 Å². The lowest BCUT2D eigenvalue weighted by atomic mass is 10.0. The number of aromatic nitrogens is 1. The standard InChI is InChI=1S/C12H8ClF2NO/c13-11-2-1-8(14)4-10(11)12(17)7-3-9(15)6-16-5-7/h1-6,12,17H. The third-order valence-corrected chi connectivity index (χ3v) is 2.64. The molecule has 0 saturated carbocycles. The number of halogens is 3. The summed E-state index contributed by atoms with van der Waals surface area (Å²) < 4.78 is 26.0. The molecule has 0 saturated heterocycles. The molecule has 0 aliphatic heterocycles. The zero-order valence-electron chi connectivity index (χ0n) is 8.57. The number of rotatable bonds is 2. The maximum absolute atomic E-state index is 13.0. The minimum absolute atomic E-state index is 0.180. The molecular weight excluding hydrogens is 248 g/mol. The van der Waals surface area contributed by atoms with Gasteiger partial charge in [0.25, 0.3) is 0 Å². The van der Waals surface area contributed by atoms with Gasteiger partial charge in [-0.25, -0.2) is 8.78 Å². The van der Waals surface area contributed by atoms with Crippen molar-refractivity contribution in [3.05, 3.63) is 64.4 Å². The monoisotopic (exact) mass is 255 g/mol. The summed E-state index contributed by atoms with van der Waals surface area (Å²) in [5.41, 5.74) is 0.400. The molecule has 1 aromatic carbocycles. The molecule has 5 heteroatoms. The van der Waals surface area contributed by atoms with E-state index in [-0.39, 0.29) is 16.1 Å². The first-order chi connectivity index (χ1) is 8.08. The SMILES string of the molecule is OC(c1cncc(F)c1)c1cc(F)ccc1Cl. The third-order valence-electron chi connectivity index (χ3n) is 2.29. The summed E-state index contributed by atoms with van der Waals surface area (Å²) in [7, 11) is 0. The van der Waals surface area contributed by atoms with Gasteiger partial charge < -0.3 is 5.11 Å². The van der Waals surface area contributed by atoms with Crippen LogP contribution in [0.5, 0.6) is 0 Å². The highest BCUT2D eigenvalue weighted by Gasteiger charge is 2.15. The highest BCUT2D eigenvalue weighted by Crippen LogP contribution is 2.28. The number of aliphatic hydroxyl groups excluding tert-OH is 1. The second-order valence-electron chi connectivity index (χ2n) is 3.50. The van der Waals surface area contributed by atoms with Gasteiger partial charge in [0, 0.05) is 22.3 Å². The van der Waals surface area contributed by atoms with E-state index in [1.54, 1.807) is 0 Å². The van der Waals surface area contributed by atoms with Crippen molar-refractivity contribution in [3.8, 4) is 0 Å². The van der Waals surface area contributed by atoms with Crippen molar-refractivity contribution in [2.75, 3.05) is 0 Å². The molecular formula is C12H8ClF2NO. The lowest BCUT2D eigenvalue weighted by Gasteiger charge is -2.12. The Kier molecular flexibility index (Phi) is 3.36. The van der Waals surface area contributed by atoms with Crippen molar-refractivity contribution >= 4 is 11.6 Å². The van der Waals surface area contributed by atoms with Crippen LogP contribution in [0.3, 0.4) is 0 Å². The number of aliphatic hydroxyl groups is 1. The fourth-order valence-corrected chi connectivity index (χ4v) is 1.70. The molecule has 0 fully saturated rings. The van der Waals surface area contributed by atoms with Crippen LogP contribution in [0.25, 0.3) is 0 Å². The lowest BCUT2D eigenvalue weighted by molar-refractivity contribution is 0.219. The number of pyridine rings is 1. The maximum Gasteiger partial charge on any atom is 0.141 e. The van der Waals surface area contributed by atoms with Crippen LogP contribution in [0.2, 0.25) is 5.02 Å². The number of hydrogen-bond acceptors (Lipinski definition) is 2. The van der Waals surface area contributed by atoms with Crippen LogP contribution in [-0.4, -0.2) is 10.1 Å². The van der Waals surface area contributed by atoms with Gasteiger partial charge in [0.2, 0.25) is 0 Å². The Hall–Kier alpha value is -1.52. The molecule has 0 radical (unpaired) electrons. The van der Waals surface area contributed by atoms with Gasteiger partial charge in [-0.3, -0.25) is 4.98 Å². The molecule has 1 heterocycles. The van der Waals surface area contributed by atoms with Crippen molar-refractivity contribution < 1.29 is 13.9 Å². The van der Waals surface area contributed by atoms with Gasteiger partial charge in [-0.2, -0.15) is 0 Å². The van der Waals surface area contributed by atoms with Gasteiger partial charge in [-0.15, -0.1) is 0 Å². The molecule has 0 aliphatic carbocycles. The zero-order chi connectivity index (χ0) is 12.4. The first kappa shape index (κ1) is 12.0. The Morgan fingerprint density at radius 3 is 2.59 bits per heavy atom. The van der Waals surface area contributed by atoms with E-state index in [2.05, 4.69) is 4.98 Å². The molecule has 2 nitrogen and oxygen atoms in total.